The smallest absolute Gasteiger partial charge is 0.234 e. The van der Waals surface area contributed by atoms with Gasteiger partial charge in [-0.25, -0.2) is 9.37 Å². The molecular formula is C15H11ClFN3OS. The van der Waals surface area contributed by atoms with Crippen LogP contribution in [0.15, 0.2) is 53.9 Å². The van der Waals surface area contributed by atoms with Crippen molar-refractivity contribution in [2.24, 2.45) is 0 Å². The van der Waals surface area contributed by atoms with Gasteiger partial charge in [-0.15, -0.1) is 0 Å². The molecule has 2 heterocycles. The molecular weight excluding hydrogens is 325 g/mol. The number of amides is 1. The van der Waals surface area contributed by atoms with Gasteiger partial charge in [0, 0.05) is 11.2 Å². The summed E-state index contributed by atoms with van der Waals surface area (Å²) in [7, 11) is 0. The topological polar surface area (TPSA) is 46.4 Å². The molecule has 3 aromatic rings. The van der Waals surface area contributed by atoms with Crippen LogP contribution in [0.25, 0.3) is 5.52 Å². The zero-order chi connectivity index (χ0) is 15.5. The molecule has 0 atom stereocenters. The fraction of sp³-hybridized carbons (Fsp3) is 0.0667. The number of anilines is 1. The largest absolute Gasteiger partial charge is 0.323 e. The molecule has 0 fully saturated rings. The predicted octanol–water partition coefficient (Wildman–Crippen LogP) is 3.86. The lowest BCUT2D eigenvalue weighted by Gasteiger charge is -2.06. The summed E-state index contributed by atoms with van der Waals surface area (Å²) in [5.74, 6) is -0.715. The molecule has 0 saturated heterocycles. The number of fused-ring (bicyclic) bond motifs is 1. The molecule has 2 aromatic heterocycles. The maximum atomic E-state index is 13.6. The minimum Gasteiger partial charge on any atom is -0.323 e. The van der Waals surface area contributed by atoms with Crippen LogP contribution in [0.1, 0.15) is 0 Å². The Labute approximate surface area is 135 Å². The minimum absolute atomic E-state index is 0.0751. The van der Waals surface area contributed by atoms with Crippen molar-refractivity contribution in [1.82, 2.24) is 9.38 Å². The maximum Gasteiger partial charge on any atom is 0.234 e. The molecule has 112 valence electrons. The fourth-order valence-corrected chi connectivity index (χ4v) is 2.87. The van der Waals surface area contributed by atoms with E-state index in [2.05, 4.69) is 10.3 Å². The molecule has 0 aliphatic heterocycles. The highest BCUT2D eigenvalue weighted by Crippen LogP contribution is 2.21. The van der Waals surface area contributed by atoms with Crippen LogP contribution in [0.4, 0.5) is 10.1 Å². The average molecular weight is 336 g/mol. The summed E-state index contributed by atoms with van der Waals surface area (Å²) in [6.45, 7) is 0. The van der Waals surface area contributed by atoms with Crippen LogP contribution in [0.2, 0.25) is 5.02 Å². The molecule has 3 rings (SSSR count). The van der Waals surface area contributed by atoms with Gasteiger partial charge in [-0.3, -0.25) is 9.20 Å². The quantitative estimate of drug-likeness (QED) is 0.736. The lowest BCUT2D eigenvalue weighted by molar-refractivity contribution is -0.113. The highest BCUT2D eigenvalue weighted by Gasteiger charge is 2.10. The Morgan fingerprint density at radius 2 is 2.23 bits per heavy atom. The summed E-state index contributed by atoms with van der Waals surface area (Å²) in [4.78, 5) is 16.2. The van der Waals surface area contributed by atoms with Crippen molar-refractivity contribution in [1.29, 1.82) is 0 Å². The van der Waals surface area contributed by atoms with Gasteiger partial charge in [0.15, 0.2) is 5.16 Å². The van der Waals surface area contributed by atoms with Crippen LogP contribution >= 0.6 is 23.4 Å². The van der Waals surface area contributed by atoms with Crippen LogP contribution in [-0.4, -0.2) is 21.0 Å². The van der Waals surface area contributed by atoms with Crippen molar-refractivity contribution in [3.8, 4) is 0 Å². The number of thioether (sulfide) groups is 1. The molecule has 4 nitrogen and oxygen atoms in total. The number of aromatic nitrogens is 2. The summed E-state index contributed by atoms with van der Waals surface area (Å²) in [5.41, 5.74) is 1.03. The highest BCUT2D eigenvalue weighted by atomic mass is 35.5. The summed E-state index contributed by atoms with van der Waals surface area (Å²) in [6.07, 6.45) is 3.61. The number of pyridine rings is 1. The van der Waals surface area contributed by atoms with Gasteiger partial charge in [0.05, 0.1) is 23.2 Å². The van der Waals surface area contributed by atoms with Crippen LogP contribution in [0.3, 0.4) is 0 Å². The molecule has 7 heteroatoms. The van der Waals surface area contributed by atoms with Gasteiger partial charge in [0.1, 0.15) is 5.82 Å². The van der Waals surface area contributed by atoms with Gasteiger partial charge in [0.2, 0.25) is 5.91 Å². The standard InChI is InChI=1S/C15H11ClFN3OS/c16-10-4-5-12(17)13(7-10)19-14(21)9-22-15-18-8-11-3-1-2-6-20(11)15/h1-8H,9H2,(H,19,21). The van der Waals surface area contributed by atoms with Gasteiger partial charge in [-0.05, 0) is 30.3 Å². The third kappa shape index (κ3) is 3.23. The third-order valence-corrected chi connectivity index (χ3v) is 4.14. The molecule has 0 aliphatic rings. The number of hydrogen-bond donors (Lipinski definition) is 1. The van der Waals surface area contributed by atoms with E-state index in [1.54, 1.807) is 6.20 Å². The Kier molecular flexibility index (Phi) is 4.31. The highest BCUT2D eigenvalue weighted by molar-refractivity contribution is 7.99. The molecule has 1 N–H and O–H groups in total. The van der Waals surface area contributed by atoms with E-state index in [0.29, 0.717) is 10.2 Å². The second-order valence-corrected chi connectivity index (χ2v) is 5.88. The summed E-state index contributed by atoms with van der Waals surface area (Å²) in [6, 6.07) is 9.76. The third-order valence-electron chi connectivity index (χ3n) is 2.94. The van der Waals surface area contributed by atoms with Gasteiger partial charge < -0.3 is 5.32 Å². The molecule has 1 amide bonds. The number of halogens is 2. The average Bonchev–Trinajstić information content (AvgIpc) is 2.92. The number of nitrogens with zero attached hydrogens (tertiary/aromatic N) is 2. The Morgan fingerprint density at radius 1 is 1.36 bits per heavy atom. The van der Waals surface area contributed by atoms with Crippen molar-refractivity contribution in [3.63, 3.8) is 0 Å². The maximum absolute atomic E-state index is 13.6. The Bertz CT molecular complexity index is 837. The van der Waals surface area contributed by atoms with Crippen molar-refractivity contribution in [3.05, 3.63) is 59.6 Å². The summed E-state index contributed by atoms with van der Waals surface area (Å²) < 4.78 is 15.4. The molecule has 0 saturated carbocycles. The van der Waals surface area contributed by atoms with E-state index < -0.39 is 5.82 Å². The number of imidazole rings is 1. The molecule has 0 radical (unpaired) electrons. The number of nitrogens with one attached hydrogen (secondary N) is 1. The first kappa shape index (κ1) is 14.9. The Morgan fingerprint density at radius 3 is 3.09 bits per heavy atom. The molecule has 1 aromatic carbocycles. The van der Waals surface area contributed by atoms with Crippen molar-refractivity contribution >= 4 is 40.5 Å². The van der Waals surface area contributed by atoms with Crippen LogP contribution in [-0.2, 0) is 4.79 Å². The second-order valence-electron chi connectivity index (χ2n) is 4.50. The first-order valence-corrected chi connectivity index (χ1v) is 7.79. The minimum atomic E-state index is -0.519. The zero-order valence-electron chi connectivity index (χ0n) is 11.3. The first-order chi connectivity index (χ1) is 10.6. The lowest BCUT2D eigenvalue weighted by Crippen LogP contribution is -2.15. The summed E-state index contributed by atoms with van der Waals surface area (Å²) in [5, 5.41) is 3.58. The van der Waals surface area contributed by atoms with Crippen molar-refractivity contribution in [2.75, 3.05) is 11.1 Å². The van der Waals surface area contributed by atoms with Crippen molar-refractivity contribution < 1.29 is 9.18 Å². The van der Waals surface area contributed by atoms with Crippen LogP contribution in [0.5, 0.6) is 0 Å². The van der Waals surface area contributed by atoms with Gasteiger partial charge in [-0.2, -0.15) is 0 Å². The molecule has 0 bridgehead atoms. The normalized spacial score (nSPS) is 10.8. The predicted molar refractivity (Wildman–Crippen MR) is 86.0 cm³/mol. The number of carbonyl (C=O) groups is 1. The summed E-state index contributed by atoms with van der Waals surface area (Å²) >= 11 is 7.07. The number of carbonyl (C=O) groups excluding carboxylic acids is 1. The lowest BCUT2D eigenvalue weighted by atomic mass is 10.3. The van der Waals surface area contributed by atoms with Gasteiger partial charge in [0.25, 0.3) is 0 Å². The fourth-order valence-electron chi connectivity index (χ4n) is 1.94. The first-order valence-electron chi connectivity index (χ1n) is 6.43. The monoisotopic (exact) mass is 335 g/mol. The van der Waals surface area contributed by atoms with Crippen LogP contribution in [0, 0.1) is 5.82 Å². The van der Waals surface area contributed by atoms with E-state index in [1.165, 1.54) is 30.0 Å². The van der Waals surface area contributed by atoms with E-state index in [1.807, 2.05) is 28.8 Å². The Balaban J connectivity index is 1.66. The number of benzene rings is 1. The van der Waals surface area contributed by atoms with Crippen molar-refractivity contribution in [2.45, 2.75) is 5.16 Å². The van der Waals surface area contributed by atoms with E-state index >= 15 is 0 Å². The molecule has 0 aliphatic carbocycles. The van der Waals surface area contributed by atoms with E-state index in [9.17, 15) is 9.18 Å². The molecule has 0 spiro atoms. The van der Waals surface area contributed by atoms with E-state index in [4.69, 9.17) is 11.6 Å². The van der Waals surface area contributed by atoms with Gasteiger partial charge in [-0.1, -0.05) is 29.4 Å². The SMILES string of the molecule is O=C(CSc1ncc2ccccn12)Nc1cc(Cl)ccc1F. The number of rotatable bonds is 4. The van der Waals surface area contributed by atoms with E-state index in [0.717, 1.165) is 5.52 Å². The second kappa shape index (κ2) is 6.37. The Hall–Kier alpha value is -2.05. The zero-order valence-corrected chi connectivity index (χ0v) is 12.9. The molecule has 22 heavy (non-hydrogen) atoms. The van der Waals surface area contributed by atoms with Crippen LogP contribution < -0.4 is 5.32 Å². The number of hydrogen-bond acceptors (Lipinski definition) is 3. The van der Waals surface area contributed by atoms with E-state index in [-0.39, 0.29) is 17.3 Å². The van der Waals surface area contributed by atoms with Gasteiger partial charge >= 0.3 is 0 Å². The molecule has 0 unspecified atom stereocenters.